The summed E-state index contributed by atoms with van der Waals surface area (Å²) in [6.45, 7) is 2.41. The molecule has 9 heteroatoms. The van der Waals surface area contributed by atoms with Gasteiger partial charge in [0.25, 0.3) is 0 Å². The topological polar surface area (TPSA) is 106 Å². The summed E-state index contributed by atoms with van der Waals surface area (Å²) in [7, 11) is 2.92. The number of aromatic nitrogens is 1. The van der Waals surface area contributed by atoms with Crippen LogP contribution in [0.5, 0.6) is 17.2 Å². The van der Waals surface area contributed by atoms with Gasteiger partial charge in [0.1, 0.15) is 18.1 Å². The third-order valence-corrected chi connectivity index (χ3v) is 6.98. The van der Waals surface area contributed by atoms with Crippen molar-refractivity contribution in [2.75, 3.05) is 14.2 Å². The van der Waals surface area contributed by atoms with Crippen LogP contribution in [-0.4, -0.2) is 36.3 Å². The first kappa shape index (κ1) is 27.7. The molecule has 0 radical (unpaired) electrons. The molecule has 8 nitrogen and oxygen atoms in total. The van der Waals surface area contributed by atoms with E-state index < -0.39 is 11.9 Å². The van der Waals surface area contributed by atoms with Crippen LogP contribution in [-0.2, 0) is 17.9 Å². The number of ether oxygens (including phenoxy) is 2. The van der Waals surface area contributed by atoms with Gasteiger partial charge in [0, 0.05) is 6.54 Å². The van der Waals surface area contributed by atoms with Crippen LogP contribution in [0.25, 0.3) is 17.2 Å². The molecule has 0 bridgehead atoms. The number of amides is 1. The highest BCUT2D eigenvalue weighted by Crippen LogP contribution is 2.45. The van der Waals surface area contributed by atoms with Gasteiger partial charge in [-0.3, -0.25) is 10.1 Å². The summed E-state index contributed by atoms with van der Waals surface area (Å²) in [6, 6.07) is 16.7. The van der Waals surface area contributed by atoms with E-state index in [1.807, 2.05) is 43.3 Å². The molecule has 5 rings (SSSR count). The van der Waals surface area contributed by atoms with Crippen molar-refractivity contribution in [1.82, 2.24) is 15.6 Å². The molecule has 3 aromatic carbocycles. The number of hydrogen-bond donors (Lipinski definition) is 3. The lowest BCUT2D eigenvalue weighted by atomic mass is 9.97. The van der Waals surface area contributed by atoms with Crippen molar-refractivity contribution in [3.05, 3.63) is 113 Å². The van der Waals surface area contributed by atoms with Crippen molar-refractivity contribution < 1.29 is 28.2 Å². The number of nitrogens with one attached hydrogen (secondary N) is 2. The number of nitrogens with zero attached hydrogens (tertiary/aromatic N) is 1. The summed E-state index contributed by atoms with van der Waals surface area (Å²) in [5.74, 6) is 0.117. The van der Waals surface area contributed by atoms with Gasteiger partial charge in [-0.2, -0.15) is 0 Å². The highest BCUT2D eigenvalue weighted by molar-refractivity contribution is 6.11. The average molecular weight is 556 g/mol. The Morgan fingerprint density at radius 2 is 1.78 bits per heavy atom. The van der Waals surface area contributed by atoms with Crippen LogP contribution in [0.15, 0.2) is 83.1 Å². The Morgan fingerprint density at radius 3 is 2.44 bits per heavy atom. The van der Waals surface area contributed by atoms with E-state index in [2.05, 4.69) is 15.6 Å². The largest absolute Gasteiger partial charge is 0.502 e. The van der Waals surface area contributed by atoms with E-state index in [0.717, 1.165) is 22.3 Å². The summed E-state index contributed by atoms with van der Waals surface area (Å²) in [6.07, 6.45) is 4.90. The maximum atomic E-state index is 14.7. The number of hydrogen-bond acceptors (Lipinski definition) is 7. The molecule has 1 unspecified atom stereocenters. The Morgan fingerprint density at radius 1 is 1.05 bits per heavy atom. The fraction of sp³-hybridized carbons (Fsp3) is 0.188. The number of rotatable bonds is 10. The number of benzene rings is 3. The first-order valence-corrected chi connectivity index (χ1v) is 13.0. The zero-order valence-corrected chi connectivity index (χ0v) is 22.9. The third-order valence-electron chi connectivity index (χ3n) is 6.98. The molecule has 41 heavy (non-hydrogen) atoms. The number of methoxy groups -OCH3 is 2. The molecule has 0 spiro atoms. The molecule has 4 aromatic rings. The molecule has 1 aliphatic carbocycles. The molecule has 210 valence electrons. The van der Waals surface area contributed by atoms with Crippen LogP contribution in [0.3, 0.4) is 0 Å². The molecule has 1 aliphatic rings. The van der Waals surface area contributed by atoms with Gasteiger partial charge in [-0.25, -0.2) is 9.37 Å². The van der Waals surface area contributed by atoms with Gasteiger partial charge in [-0.15, -0.1) is 0 Å². The van der Waals surface area contributed by atoms with Gasteiger partial charge in [-0.1, -0.05) is 36.4 Å². The maximum absolute atomic E-state index is 14.7. The minimum absolute atomic E-state index is 0.107. The zero-order valence-electron chi connectivity index (χ0n) is 22.9. The van der Waals surface area contributed by atoms with Crippen molar-refractivity contribution in [3.63, 3.8) is 0 Å². The zero-order chi connectivity index (χ0) is 28.9. The van der Waals surface area contributed by atoms with Crippen molar-refractivity contribution in [2.45, 2.75) is 26.1 Å². The lowest BCUT2D eigenvalue weighted by Gasteiger charge is -2.21. The Bertz CT molecular complexity index is 1590. The number of phenols is 1. The molecular weight excluding hydrogens is 525 g/mol. The number of carbonyl (C=O) groups is 1. The summed E-state index contributed by atoms with van der Waals surface area (Å²) in [5, 5.41) is 16.7. The Hall–Kier alpha value is -4.89. The molecule has 1 heterocycles. The number of halogens is 1. The Labute approximate surface area is 237 Å². The lowest BCUT2D eigenvalue weighted by molar-refractivity contribution is -0.122. The van der Waals surface area contributed by atoms with Crippen LogP contribution in [0, 0.1) is 5.82 Å². The average Bonchev–Trinajstić information content (AvgIpc) is 3.60. The van der Waals surface area contributed by atoms with E-state index in [1.165, 1.54) is 38.8 Å². The lowest BCUT2D eigenvalue weighted by Crippen LogP contribution is -2.44. The van der Waals surface area contributed by atoms with Gasteiger partial charge in [0.05, 0.1) is 27.0 Å². The molecule has 0 saturated carbocycles. The predicted molar refractivity (Wildman–Crippen MR) is 153 cm³/mol. The van der Waals surface area contributed by atoms with E-state index in [9.17, 15) is 14.3 Å². The molecule has 1 amide bonds. The Balaban J connectivity index is 1.58. The second kappa shape index (κ2) is 12.1. The standard InChI is InChI=1S/C32H30FN3O5/c1-19-24(13-21-14-26(39-2)31(37)27(15-21)40-3)23-10-9-22(33)16-25(23)29(19)30(35-18-28-34-11-12-41-28)32(38)36-17-20-7-5-4-6-8-20/h4-16,30,35,37H,17-18H2,1-3H3,(H,36,38). The van der Waals surface area contributed by atoms with Crippen molar-refractivity contribution >= 4 is 23.1 Å². The molecule has 0 saturated heterocycles. The number of allylic oxidation sites excluding steroid dienone is 2. The van der Waals surface area contributed by atoms with Gasteiger partial charge in [0.2, 0.25) is 17.5 Å². The number of fused-ring (bicyclic) bond motifs is 1. The minimum Gasteiger partial charge on any atom is -0.502 e. The second-order valence-corrected chi connectivity index (χ2v) is 9.50. The highest BCUT2D eigenvalue weighted by atomic mass is 19.1. The SMILES string of the molecule is COc1cc(C=C2C(C)=C(C(NCc3ncco3)C(=O)NCc3ccccc3)c3cc(F)ccc32)cc(OC)c1O. The van der Waals surface area contributed by atoms with Gasteiger partial charge >= 0.3 is 0 Å². The normalized spacial score (nSPS) is 14.2. The predicted octanol–water partition coefficient (Wildman–Crippen LogP) is 5.34. The van der Waals surface area contributed by atoms with Crippen molar-refractivity contribution in [2.24, 2.45) is 0 Å². The molecule has 1 atom stereocenters. The Kier molecular flexibility index (Phi) is 8.16. The van der Waals surface area contributed by atoms with Crippen LogP contribution in [0.1, 0.15) is 35.1 Å². The molecule has 3 N–H and O–H groups in total. The first-order valence-electron chi connectivity index (χ1n) is 13.0. The van der Waals surface area contributed by atoms with Crippen molar-refractivity contribution in [3.8, 4) is 17.2 Å². The van der Waals surface area contributed by atoms with E-state index in [0.29, 0.717) is 29.1 Å². The summed E-state index contributed by atoms with van der Waals surface area (Å²) < 4.78 is 30.7. The summed E-state index contributed by atoms with van der Waals surface area (Å²) in [5.41, 5.74) is 5.24. The van der Waals surface area contributed by atoms with Crippen LogP contribution >= 0.6 is 0 Å². The van der Waals surface area contributed by atoms with Gasteiger partial charge < -0.3 is 24.3 Å². The number of oxazole rings is 1. The fourth-order valence-corrected chi connectivity index (χ4v) is 4.99. The van der Waals surface area contributed by atoms with Gasteiger partial charge in [-0.05, 0) is 76.2 Å². The van der Waals surface area contributed by atoms with Gasteiger partial charge in [0.15, 0.2) is 11.5 Å². The molecular formula is C32H30FN3O5. The minimum atomic E-state index is -0.846. The number of carbonyl (C=O) groups excluding carboxylic acids is 1. The second-order valence-electron chi connectivity index (χ2n) is 9.50. The summed E-state index contributed by atoms with van der Waals surface area (Å²) >= 11 is 0. The fourth-order valence-electron chi connectivity index (χ4n) is 4.99. The molecule has 0 fully saturated rings. The van der Waals surface area contributed by atoms with E-state index in [4.69, 9.17) is 13.9 Å². The first-order chi connectivity index (χ1) is 19.9. The van der Waals surface area contributed by atoms with E-state index in [-0.39, 0.29) is 29.7 Å². The van der Waals surface area contributed by atoms with Crippen LogP contribution in [0.2, 0.25) is 0 Å². The quantitative estimate of drug-likeness (QED) is 0.243. The van der Waals surface area contributed by atoms with Crippen LogP contribution < -0.4 is 20.1 Å². The maximum Gasteiger partial charge on any atom is 0.242 e. The van der Waals surface area contributed by atoms with Crippen LogP contribution in [0.4, 0.5) is 4.39 Å². The molecule has 1 aromatic heterocycles. The van der Waals surface area contributed by atoms with E-state index >= 15 is 0 Å². The smallest absolute Gasteiger partial charge is 0.242 e. The van der Waals surface area contributed by atoms with E-state index in [1.54, 1.807) is 18.2 Å². The highest BCUT2D eigenvalue weighted by Gasteiger charge is 2.33. The molecule has 0 aliphatic heterocycles. The van der Waals surface area contributed by atoms with Crippen molar-refractivity contribution in [1.29, 1.82) is 0 Å². The third kappa shape index (κ3) is 5.85. The number of phenolic OH excluding ortho intramolecular Hbond substituents is 1. The summed E-state index contributed by atoms with van der Waals surface area (Å²) in [4.78, 5) is 17.9. The monoisotopic (exact) mass is 555 g/mol. The number of aromatic hydroxyl groups is 1.